The van der Waals surface area contributed by atoms with Gasteiger partial charge in [0, 0.05) is 35.1 Å². The number of unbranched alkanes of at least 4 members (excludes halogenated alkanes) is 1. The number of rotatable bonds is 5. The van der Waals surface area contributed by atoms with E-state index in [1.807, 2.05) is 30.4 Å². The molecule has 1 aromatic rings. The lowest BCUT2D eigenvalue weighted by Crippen LogP contribution is -2.18. The van der Waals surface area contributed by atoms with Crippen LogP contribution in [0.15, 0.2) is 47.7 Å². The summed E-state index contributed by atoms with van der Waals surface area (Å²) in [6, 6.07) is 5.84. The molecule has 1 aliphatic carbocycles. The van der Waals surface area contributed by atoms with Crippen molar-refractivity contribution in [1.29, 1.82) is 0 Å². The quantitative estimate of drug-likeness (QED) is 0.761. The number of aldehydes is 2. The van der Waals surface area contributed by atoms with Gasteiger partial charge in [0.2, 0.25) is 0 Å². The van der Waals surface area contributed by atoms with Crippen LogP contribution in [0.25, 0.3) is 5.57 Å². The molecule has 0 unspecified atom stereocenters. The van der Waals surface area contributed by atoms with Crippen molar-refractivity contribution in [2.75, 3.05) is 11.4 Å². The van der Waals surface area contributed by atoms with Crippen LogP contribution in [-0.2, 0) is 4.79 Å². The van der Waals surface area contributed by atoms with Gasteiger partial charge in [0.1, 0.15) is 12.6 Å². The van der Waals surface area contributed by atoms with E-state index in [4.69, 9.17) is 0 Å². The molecular formula is C20H21NO2. The van der Waals surface area contributed by atoms with Crippen LogP contribution in [-0.4, -0.2) is 19.1 Å². The number of hydrogen-bond donors (Lipinski definition) is 0. The molecule has 0 saturated heterocycles. The molecule has 0 fully saturated rings. The lowest BCUT2D eigenvalue weighted by Gasteiger charge is -2.24. The highest BCUT2D eigenvalue weighted by atomic mass is 16.1. The molecule has 0 bridgehead atoms. The maximum Gasteiger partial charge on any atom is 0.150 e. The minimum atomic E-state index is 0.676. The Hall–Kier alpha value is -2.42. The van der Waals surface area contributed by atoms with Gasteiger partial charge < -0.3 is 4.90 Å². The lowest BCUT2D eigenvalue weighted by molar-refractivity contribution is -0.104. The molecule has 1 aliphatic heterocycles. The smallest absolute Gasteiger partial charge is 0.150 e. The molecule has 0 radical (unpaired) electrons. The maximum atomic E-state index is 11.4. The number of allylic oxidation sites excluding steroid dienone is 5. The van der Waals surface area contributed by atoms with Crippen LogP contribution in [0, 0.1) is 0 Å². The van der Waals surface area contributed by atoms with E-state index in [1.165, 1.54) is 5.57 Å². The van der Waals surface area contributed by atoms with E-state index >= 15 is 0 Å². The van der Waals surface area contributed by atoms with Crippen molar-refractivity contribution >= 4 is 23.8 Å². The Morgan fingerprint density at radius 3 is 2.83 bits per heavy atom. The maximum absolute atomic E-state index is 11.4. The van der Waals surface area contributed by atoms with E-state index in [-0.39, 0.29) is 0 Å². The Morgan fingerprint density at radius 2 is 2.09 bits per heavy atom. The first kappa shape index (κ1) is 15.5. The largest absolute Gasteiger partial charge is 0.347 e. The van der Waals surface area contributed by atoms with Crippen LogP contribution in [0.4, 0.5) is 5.69 Å². The van der Waals surface area contributed by atoms with Crippen molar-refractivity contribution in [2.24, 2.45) is 0 Å². The molecule has 3 heteroatoms. The van der Waals surface area contributed by atoms with E-state index < -0.39 is 0 Å². The molecule has 1 heterocycles. The standard InChI is InChI=1S/C20H21NO2/c1-2-3-10-21-11-9-17-16(14-23)5-4-6-18(17)19-12-15(13-22)7-8-20(19)21/h5,7-9,11-14H,2-4,6,10H2,1H3. The number of nitrogens with zero attached hydrogens (tertiary/aromatic N) is 1. The molecule has 0 saturated carbocycles. The Balaban J connectivity index is 2.16. The Morgan fingerprint density at radius 1 is 1.22 bits per heavy atom. The first-order valence-electron chi connectivity index (χ1n) is 8.21. The summed E-state index contributed by atoms with van der Waals surface area (Å²) in [5.74, 6) is 0. The topological polar surface area (TPSA) is 37.4 Å². The minimum absolute atomic E-state index is 0.676. The van der Waals surface area contributed by atoms with Crippen molar-refractivity contribution in [3.05, 3.63) is 58.8 Å². The molecule has 118 valence electrons. The van der Waals surface area contributed by atoms with Crippen LogP contribution in [0.1, 0.15) is 48.5 Å². The zero-order valence-corrected chi connectivity index (χ0v) is 13.4. The van der Waals surface area contributed by atoms with Crippen molar-refractivity contribution in [2.45, 2.75) is 32.6 Å². The average Bonchev–Trinajstić information content (AvgIpc) is 2.76. The summed E-state index contributed by atoms with van der Waals surface area (Å²) in [7, 11) is 0. The number of fused-ring (bicyclic) bond motifs is 2. The van der Waals surface area contributed by atoms with Crippen molar-refractivity contribution in [1.82, 2.24) is 0 Å². The van der Waals surface area contributed by atoms with Crippen LogP contribution >= 0.6 is 0 Å². The van der Waals surface area contributed by atoms with Gasteiger partial charge in [-0.25, -0.2) is 0 Å². The summed E-state index contributed by atoms with van der Waals surface area (Å²) >= 11 is 0. The van der Waals surface area contributed by atoms with E-state index in [0.29, 0.717) is 5.56 Å². The summed E-state index contributed by atoms with van der Waals surface area (Å²) in [4.78, 5) is 24.8. The summed E-state index contributed by atoms with van der Waals surface area (Å²) in [6.45, 7) is 3.11. The number of carbonyl (C=O) groups excluding carboxylic acids is 2. The lowest BCUT2D eigenvalue weighted by atomic mass is 9.86. The fourth-order valence-corrected chi connectivity index (χ4v) is 3.27. The second kappa shape index (κ2) is 6.78. The van der Waals surface area contributed by atoms with Gasteiger partial charge in [-0.1, -0.05) is 19.4 Å². The van der Waals surface area contributed by atoms with Gasteiger partial charge in [0.05, 0.1) is 0 Å². The first-order chi connectivity index (χ1) is 11.3. The van der Waals surface area contributed by atoms with Gasteiger partial charge in [-0.2, -0.15) is 0 Å². The van der Waals surface area contributed by atoms with E-state index in [2.05, 4.69) is 18.0 Å². The van der Waals surface area contributed by atoms with Crippen LogP contribution in [0.5, 0.6) is 0 Å². The van der Waals surface area contributed by atoms with Gasteiger partial charge >= 0.3 is 0 Å². The number of anilines is 1. The molecule has 0 aromatic heterocycles. The van der Waals surface area contributed by atoms with E-state index in [1.54, 1.807) is 0 Å². The normalized spacial score (nSPS) is 16.4. The molecular weight excluding hydrogens is 286 g/mol. The van der Waals surface area contributed by atoms with E-state index in [0.717, 1.165) is 67.2 Å². The SMILES string of the molecule is CCCCN1C=CC2=C(CCC=C2C=O)c2cc(C=O)ccc21. The zero-order chi connectivity index (χ0) is 16.2. The fourth-order valence-electron chi connectivity index (χ4n) is 3.27. The highest BCUT2D eigenvalue weighted by Crippen LogP contribution is 2.40. The third-order valence-corrected chi connectivity index (χ3v) is 4.49. The third kappa shape index (κ3) is 2.91. The summed E-state index contributed by atoms with van der Waals surface area (Å²) in [6.07, 6.45) is 11.9. The Labute approximate surface area is 137 Å². The highest BCUT2D eigenvalue weighted by Gasteiger charge is 2.22. The van der Waals surface area contributed by atoms with Crippen LogP contribution < -0.4 is 4.90 Å². The van der Waals surface area contributed by atoms with Crippen molar-refractivity contribution < 1.29 is 9.59 Å². The molecule has 0 spiro atoms. The van der Waals surface area contributed by atoms with Crippen molar-refractivity contribution in [3.63, 3.8) is 0 Å². The third-order valence-electron chi connectivity index (χ3n) is 4.49. The highest BCUT2D eigenvalue weighted by molar-refractivity contribution is 5.95. The number of benzene rings is 1. The predicted molar refractivity (Wildman–Crippen MR) is 93.5 cm³/mol. The van der Waals surface area contributed by atoms with Gasteiger partial charge in [-0.15, -0.1) is 0 Å². The molecule has 0 amide bonds. The molecule has 3 nitrogen and oxygen atoms in total. The molecule has 1 aromatic carbocycles. The minimum Gasteiger partial charge on any atom is -0.347 e. The number of carbonyl (C=O) groups is 2. The monoisotopic (exact) mass is 307 g/mol. The van der Waals surface area contributed by atoms with Gasteiger partial charge in [0.15, 0.2) is 0 Å². The molecule has 23 heavy (non-hydrogen) atoms. The zero-order valence-electron chi connectivity index (χ0n) is 13.4. The first-order valence-corrected chi connectivity index (χ1v) is 8.21. The van der Waals surface area contributed by atoms with Gasteiger partial charge in [0.25, 0.3) is 0 Å². The average molecular weight is 307 g/mol. The molecule has 3 rings (SSSR count). The molecule has 2 aliphatic rings. The van der Waals surface area contributed by atoms with E-state index in [9.17, 15) is 9.59 Å². The summed E-state index contributed by atoms with van der Waals surface area (Å²) in [5.41, 5.74) is 5.80. The second-order valence-corrected chi connectivity index (χ2v) is 5.97. The molecule has 0 atom stereocenters. The summed E-state index contributed by atoms with van der Waals surface area (Å²) < 4.78 is 0. The Kier molecular flexibility index (Phi) is 4.56. The summed E-state index contributed by atoms with van der Waals surface area (Å²) in [5, 5.41) is 0. The van der Waals surface area contributed by atoms with Crippen LogP contribution in [0.3, 0.4) is 0 Å². The predicted octanol–water partition coefficient (Wildman–Crippen LogP) is 4.31. The second-order valence-electron chi connectivity index (χ2n) is 5.97. The van der Waals surface area contributed by atoms with Crippen molar-refractivity contribution in [3.8, 4) is 0 Å². The van der Waals surface area contributed by atoms with Gasteiger partial charge in [-0.05, 0) is 54.7 Å². The Bertz CT molecular complexity index is 725. The van der Waals surface area contributed by atoms with Gasteiger partial charge in [-0.3, -0.25) is 9.59 Å². The molecule has 0 N–H and O–H groups in total. The fraction of sp³-hybridized carbons (Fsp3) is 0.300. The number of hydrogen-bond acceptors (Lipinski definition) is 3. The van der Waals surface area contributed by atoms with Crippen LogP contribution in [0.2, 0.25) is 0 Å².